The molecule has 0 aromatic heterocycles. The van der Waals surface area contributed by atoms with Gasteiger partial charge < -0.3 is 5.32 Å². The molecule has 0 heterocycles. The molecular weight excluding hydrogens is 206 g/mol. The van der Waals surface area contributed by atoms with E-state index in [0.717, 1.165) is 0 Å². The Morgan fingerprint density at radius 2 is 0.824 bits per heavy atom. The first-order chi connectivity index (χ1) is 8.12. The van der Waals surface area contributed by atoms with E-state index in [1.165, 1.54) is 77.0 Å². The molecule has 0 unspecified atom stereocenters. The van der Waals surface area contributed by atoms with Crippen LogP contribution in [0.15, 0.2) is 0 Å². The summed E-state index contributed by atoms with van der Waals surface area (Å²) in [6.45, 7) is 4.96. The first-order valence-electron chi connectivity index (χ1n) is 7.91. The number of hydrogen-bond acceptors (Lipinski definition) is 1. The van der Waals surface area contributed by atoms with Gasteiger partial charge in [-0.05, 0) is 39.5 Å². The van der Waals surface area contributed by atoms with Crippen LogP contribution in [0.4, 0.5) is 0 Å². The van der Waals surface area contributed by atoms with Crippen molar-refractivity contribution >= 4 is 0 Å². The third-order valence-corrected chi connectivity index (χ3v) is 5.02. The van der Waals surface area contributed by atoms with E-state index in [0.29, 0.717) is 11.1 Å². The van der Waals surface area contributed by atoms with Gasteiger partial charge in [0.2, 0.25) is 0 Å². The van der Waals surface area contributed by atoms with Gasteiger partial charge in [0.25, 0.3) is 0 Å². The Balaban J connectivity index is 1.96. The van der Waals surface area contributed by atoms with E-state index in [-0.39, 0.29) is 0 Å². The Hall–Kier alpha value is -0.0400. The average molecular weight is 237 g/mol. The molecule has 0 saturated heterocycles. The average Bonchev–Trinajstić information content (AvgIpc) is 2.59. The molecule has 100 valence electrons. The van der Waals surface area contributed by atoms with Gasteiger partial charge in [-0.15, -0.1) is 0 Å². The van der Waals surface area contributed by atoms with Crippen LogP contribution in [0.2, 0.25) is 0 Å². The van der Waals surface area contributed by atoms with Crippen molar-refractivity contribution in [1.29, 1.82) is 0 Å². The fourth-order valence-corrected chi connectivity index (χ4v) is 4.00. The molecule has 2 saturated carbocycles. The highest BCUT2D eigenvalue weighted by atomic mass is 15.0. The van der Waals surface area contributed by atoms with Crippen LogP contribution >= 0.6 is 0 Å². The molecule has 2 aliphatic rings. The van der Waals surface area contributed by atoms with E-state index >= 15 is 0 Å². The van der Waals surface area contributed by atoms with E-state index in [2.05, 4.69) is 19.2 Å². The summed E-state index contributed by atoms with van der Waals surface area (Å²) < 4.78 is 0. The van der Waals surface area contributed by atoms with Crippen molar-refractivity contribution in [2.24, 2.45) is 0 Å². The van der Waals surface area contributed by atoms with Crippen molar-refractivity contribution < 1.29 is 0 Å². The molecule has 0 aromatic rings. The Morgan fingerprint density at radius 1 is 0.529 bits per heavy atom. The van der Waals surface area contributed by atoms with E-state index in [1.807, 2.05) is 0 Å². The summed E-state index contributed by atoms with van der Waals surface area (Å²) in [4.78, 5) is 0. The Kier molecular flexibility index (Phi) is 4.52. The van der Waals surface area contributed by atoms with Gasteiger partial charge >= 0.3 is 0 Å². The molecule has 2 fully saturated rings. The molecule has 0 amide bonds. The van der Waals surface area contributed by atoms with Gasteiger partial charge in [0, 0.05) is 11.1 Å². The van der Waals surface area contributed by atoms with Gasteiger partial charge in [-0.2, -0.15) is 0 Å². The topological polar surface area (TPSA) is 12.0 Å². The summed E-state index contributed by atoms with van der Waals surface area (Å²) in [5, 5.41) is 4.09. The van der Waals surface area contributed by atoms with Crippen molar-refractivity contribution in [2.75, 3.05) is 0 Å². The lowest BCUT2D eigenvalue weighted by Gasteiger charge is -2.41. The molecule has 1 N–H and O–H groups in total. The predicted molar refractivity (Wildman–Crippen MR) is 75.3 cm³/mol. The van der Waals surface area contributed by atoms with E-state index in [9.17, 15) is 0 Å². The number of nitrogens with one attached hydrogen (secondary N) is 1. The predicted octanol–water partition coefficient (Wildman–Crippen LogP) is 4.80. The molecule has 0 spiro atoms. The van der Waals surface area contributed by atoms with Gasteiger partial charge in [0.15, 0.2) is 0 Å². The minimum atomic E-state index is 0.426. The quantitative estimate of drug-likeness (QED) is 0.680. The van der Waals surface area contributed by atoms with Crippen molar-refractivity contribution in [2.45, 2.75) is 102 Å². The van der Waals surface area contributed by atoms with E-state index < -0.39 is 0 Å². The maximum atomic E-state index is 4.09. The second-order valence-electron chi connectivity index (χ2n) is 7.07. The monoisotopic (exact) mass is 237 g/mol. The van der Waals surface area contributed by atoms with Crippen molar-refractivity contribution in [3.63, 3.8) is 0 Å². The van der Waals surface area contributed by atoms with Crippen molar-refractivity contribution in [3.05, 3.63) is 0 Å². The van der Waals surface area contributed by atoms with Crippen molar-refractivity contribution in [3.8, 4) is 0 Å². The van der Waals surface area contributed by atoms with Gasteiger partial charge in [0.1, 0.15) is 0 Å². The van der Waals surface area contributed by atoms with Crippen LogP contribution < -0.4 is 5.32 Å². The van der Waals surface area contributed by atoms with Crippen LogP contribution in [0.3, 0.4) is 0 Å². The van der Waals surface area contributed by atoms with Gasteiger partial charge in [-0.25, -0.2) is 0 Å². The van der Waals surface area contributed by atoms with Crippen LogP contribution in [-0.4, -0.2) is 11.1 Å². The highest BCUT2D eigenvalue weighted by Gasteiger charge is 2.34. The maximum absolute atomic E-state index is 4.09. The minimum absolute atomic E-state index is 0.426. The molecule has 0 bridgehead atoms. The lowest BCUT2D eigenvalue weighted by Crippen LogP contribution is -2.54. The second kappa shape index (κ2) is 5.73. The Bertz CT molecular complexity index is 194. The van der Waals surface area contributed by atoms with Gasteiger partial charge in [0.05, 0.1) is 0 Å². The molecule has 0 radical (unpaired) electrons. The highest BCUT2D eigenvalue weighted by molar-refractivity contribution is 4.95. The molecule has 0 aliphatic heterocycles. The minimum Gasteiger partial charge on any atom is -0.306 e. The molecule has 2 aliphatic carbocycles. The zero-order valence-electron chi connectivity index (χ0n) is 12.0. The van der Waals surface area contributed by atoms with Crippen molar-refractivity contribution in [1.82, 2.24) is 5.32 Å². The van der Waals surface area contributed by atoms with E-state index in [1.54, 1.807) is 0 Å². The first kappa shape index (κ1) is 13.4. The lowest BCUT2D eigenvalue weighted by atomic mass is 9.84. The van der Waals surface area contributed by atoms with Crippen LogP contribution in [0.1, 0.15) is 90.9 Å². The summed E-state index contributed by atoms with van der Waals surface area (Å²) >= 11 is 0. The summed E-state index contributed by atoms with van der Waals surface area (Å²) in [5.41, 5.74) is 0.852. The van der Waals surface area contributed by atoms with Crippen LogP contribution in [-0.2, 0) is 0 Å². The lowest BCUT2D eigenvalue weighted by molar-refractivity contribution is 0.191. The molecule has 1 heteroatoms. The summed E-state index contributed by atoms with van der Waals surface area (Å²) in [7, 11) is 0. The zero-order chi connectivity index (χ0) is 12.2. The summed E-state index contributed by atoms with van der Waals surface area (Å²) in [5.74, 6) is 0. The summed E-state index contributed by atoms with van der Waals surface area (Å²) in [6.07, 6.45) is 17.1. The molecule has 0 aromatic carbocycles. The zero-order valence-corrected chi connectivity index (χ0v) is 12.0. The standard InChI is InChI=1S/C16H31N/c1-15(11-7-3-4-8-12-15)17-16(2)13-9-5-6-10-14-16/h17H,3-14H2,1-2H3. The van der Waals surface area contributed by atoms with Crippen LogP contribution in [0.25, 0.3) is 0 Å². The molecule has 2 rings (SSSR count). The fourth-order valence-electron chi connectivity index (χ4n) is 4.00. The van der Waals surface area contributed by atoms with Crippen LogP contribution in [0.5, 0.6) is 0 Å². The maximum Gasteiger partial charge on any atom is 0.0158 e. The Labute approximate surface area is 108 Å². The number of hydrogen-bond donors (Lipinski definition) is 1. The molecule has 0 atom stereocenters. The highest BCUT2D eigenvalue weighted by Crippen LogP contribution is 2.33. The van der Waals surface area contributed by atoms with Gasteiger partial charge in [-0.1, -0.05) is 51.4 Å². The molecule has 1 nitrogen and oxygen atoms in total. The second-order valence-corrected chi connectivity index (χ2v) is 7.07. The third-order valence-electron chi connectivity index (χ3n) is 5.02. The Morgan fingerprint density at radius 3 is 1.12 bits per heavy atom. The largest absolute Gasteiger partial charge is 0.306 e. The molecule has 17 heavy (non-hydrogen) atoms. The smallest absolute Gasteiger partial charge is 0.0158 e. The summed E-state index contributed by atoms with van der Waals surface area (Å²) in [6, 6.07) is 0. The SMILES string of the molecule is CC1(NC2(C)CCCCCC2)CCCCCC1. The van der Waals surface area contributed by atoms with Gasteiger partial charge in [-0.3, -0.25) is 0 Å². The van der Waals surface area contributed by atoms with Crippen LogP contribution in [0, 0.1) is 0 Å². The first-order valence-corrected chi connectivity index (χ1v) is 7.91. The molecular formula is C16H31N. The fraction of sp³-hybridized carbons (Fsp3) is 1.00. The van der Waals surface area contributed by atoms with E-state index in [4.69, 9.17) is 0 Å². The number of rotatable bonds is 2. The third kappa shape index (κ3) is 3.98. The normalized spacial score (nSPS) is 29.3.